The highest BCUT2D eigenvalue weighted by Gasteiger charge is 1.71. The third-order valence-corrected chi connectivity index (χ3v) is 1.07. The molecule has 10 heavy (non-hydrogen) atoms. The van der Waals surface area contributed by atoms with E-state index in [1.165, 1.54) is 0 Å². The molecule has 0 aromatic heterocycles. The molecular weight excluding hydrogens is 124 g/mol. The Balaban J connectivity index is 3.17. The van der Waals surface area contributed by atoms with Crippen LogP contribution in [0, 0.1) is 0 Å². The first-order valence-corrected chi connectivity index (χ1v) is 3.65. The van der Waals surface area contributed by atoms with E-state index in [-0.39, 0.29) is 0 Å². The summed E-state index contributed by atoms with van der Waals surface area (Å²) in [5, 5.41) is 0. The molecule has 0 spiro atoms. The molecule has 0 saturated carbocycles. The molecular formula is C9H14O. The van der Waals surface area contributed by atoms with Crippen molar-refractivity contribution in [1.82, 2.24) is 0 Å². The first kappa shape index (κ1) is 9.15. The van der Waals surface area contributed by atoms with Crippen LogP contribution in [-0.2, 0) is 4.79 Å². The van der Waals surface area contributed by atoms with E-state index in [1.54, 1.807) is 0 Å². The third-order valence-electron chi connectivity index (χ3n) is 1.07. The summed E-state index contributed by atoms with van der Waals surface area (Å²) in [7, 11) is 0. The van der Waals surface area contributed by atoms with E-state index in [4.69, 9.17) is 0 Å². The Hall–Kier alpha value is -0.850. The molecule has 0 atom stereocenters. The number of rotatable bonds is 5. The van der Waals surface area contributed by atoms with Crippen LogP contribution < -0.4 is 0 Å². The molecule has 0 unspecified atom stereocenters. The molecule has 0 fully saturated rings. The maximum Gasteiger partial charge on any atom is 0.123 e. The van der Waals surface area contributed by atoms with Gasteiger partial charge in [0.25, 0.3) is 0 Å². The Morgan fingerprint density at radius 2 is 1.60 bits per heavy atom. The SMILES string of the molecule is CC/C=C/C/C=C/CC=O. The zero-order chi connectivity index (χ0) is 7.66. The van der Waals surface area contributed by atoms with Gasteiger partial charge >= 0.3 is 0 Å². The summed E-state index contributed by atoms with van der Waals surface area (Å²) in [4.78, 5) is 9.82. The van der Waals surface area contributed by atoms with Gasteiger partial charge in [-0.05, 0) is 12.8 Å². The van der Waals surface area contributed by atoms with Gasteiger partial charge in [0.2, 0.25) is 0 Å². The first-order valence-electron chi connectivity index (χ1n) is 3.65. The maximum atomic E-state index is 9.82. The number of carbonyl (C=O) groups is 1. The normalized spacial score (nSPS) is 11.3. The standard InChI is InChI=1S/C9H14O/c1-2-3-4-5-6-7-8-9-10/h3-4,6-7,9H,2,5,8H2,1H3/b4-3+,7-6+. The Labute approximate surface area is 62.4 Å². The van der Waals surface area contributed by atoms with Crippen LogP contribution in [0.1, 0.15) is 26.2 Å². The van der Waals surface area contributed by atoms with Gasteiger partial charge in [0.15, 0.2) is 0 Å². The average molecular weight is 138 g/mol. The summed E-state index contributed by atoms with van der Waals surface area (Å²) < 4.78 is 0. The molecule has 0 amide bonds. The number of aldehydes is 1. The van der Waals surface area contributed by atoms with Gasteiger partial charge in [-0.25, -0.2) is 0 Å². The molecule has 0 N–H and O–H groups in total. The topological polar surface area (TPSA) is 17.1 Å². The van der Waals surface area contributed by atoms with Crippen molar-refractivity contribution in [3.8, 4) is 0 Å². The van der Waals surface area contributed by atoms with E-state index >= 15 is 0 Å². The van der Waals surface area contributed by atoms with E-state index in [0.717, 1.165) is 19.1 Å². The first-order chi connectivity index (χ1) is 4.91. The van der Waals surface area contributed by atoms with Crippen molar-refractivity contribution in [2.24, 2.45) is 0 Å². The molecule has 0 aromatic rings. The van der Waals surface area contributed by atoms with Gasteiger partial charge in [0.1, 0.15) is 6.29 Å². The largest absolute Gasteiger partial charge is 0.303 e. The fraction of sp³-hybridized carbons (Fsp3) is 0.444. The molecule has 0 aliphatic heterocycles. The molecule has 0 rings (SSSR count). The molecule has 0 bridgehead atoms. The maximum absolute atomic E-state index is 9.82. The second-order valence-electron chi connectivity index (χ2n) is 1.99. The van der Waals surface area contributed by atoms with Crippen LogP contribution in [0.15, 0.2) is 24.3 Å². The lowest BCUT2D eigenvalue weighted by molar-refractivity contribution is -0.107. The predicted molar refractivity (Wildman–Crippen MR) is 43.9 cm³/mol. The van der Waals surface area contributed by atoms with Gasteiger partial charge in [-0.3, -0.25) is 0 Å². The third kappa shape index (κ3) is 7.15. The highest BCUT2D eigenvalue weighted by Crippen LogP contribution is 1.88. The van der Waals surface area contributed by atoms with E-state index in [9.17, 15) is 4.79 Å². The van der Waals surface area contributed by atoms with E-state index < -0.39 is 0 Å². The summed E-state index contributed by atoms with van der Waals surface area (Å²) in [6, 6.07) is 0. The van der Waals surface area contributed by atoms with Crippen LogP contribution >= 0.6 is 0 Å². The summed E-state index contributed by atoms with van der Waals surface area (Å²) >= 11 is 0. The fourth-order valence-corrected chi connectivity index (χ4v) is 0.589. The number of hydrogen-bond donors (Lipinski definition) is 0. The van der Waals surface area contributed by atoms with Crippen LogP contribution in [0.2, 0.25) is 0 Å². The molecule has 0 aliphatic rings. The minimum atomic E-state index is 0.542. The monoisotopic (exact) mass is 138 g/mol. The minimum absolute atomic E-state index is 0.542. The number of hydrogen-bond acceptors (Lipinski definition) is 1. The zero-order valence-electron chi connectivity index (χ0n) is 6.42. The lowest BCUT2D eigenvalue weighted by Crippen LogP contribution is -1.65. The molecule has 0 radical (unpaired) electrons. The molecule has 1 nitrogen and oxygen atoms in total. The summed E-state index contributed by atoms with van der Waals surface area (Å²) in [5.74, 6) is 0. The molecule has 1 heteroatoms. The van der Waals surface area contributed by atoms with Crippen molar-refractivity contribution in [3.05, 3.63) is 24.3 Å². The molecule has 56 valence electrons. The van der Waals surface area contributed by atoms with Gasteiger partial charge in [0, 0.05) is 6.42 Å². The summed E-state index contributed by atoms with van der Waals surface area (Å²) in [6.45, 7) is 2.10. The van der Waals surface area contributed by atoms with Crippen molar-refractivity contribution < 1.29 is 4.79 Å². The number of allylic oxidation sites excluding steroid dienone is 4. The molecule has 0 aliphatic carbocycles. The van der Waals surface area contributed by atoms with Gasteiger partial charge in [-0.1, -0.05) is 31.2 Å². The van der Waals surface area contributed by atoms with Crippen LogP contribution in [0.4, 0.5) is 0 Å². The molecule has 0 aromatic carbocycles. The van der Waals surface area contributed by atoms with Crippen LogP contribution in [-0.4, -0.2) is 6.29 Å². The predicted octanol–water partition coefficient (Wildman–Crippen LogP) is 2.49. The van der Waals surface area contributed by atoms with Crippen LogP contribution in [0.25, 0.3) is 0 Å². The van der Waals surface area contributed by atoms with E-state index in [2.05, 4.69) is 19.1 Å². The second kappa shape index (κ2) is 8.15. The van der Waals surface area contributed by atoms with Gasteiger partial charge in [0.05, 0.1) is 0 Å². The number of carbonyl (C=O) groups excluding carboxylic acids is 1. The van der Waals surface area contributed by atoms with Crippen molar-refractivity contribution in [2.45, 2.75) is 26.2 Å². The van der Waals surface area contributed by atoms with Crippen molar-refractivity contribution in [3.63, 3.8) is 0 Å². The Kier molecular flexibility index (Phi) is 7.46. The highest BCUT2D eigenvalue weighted by molar-refractivity contribution is 5.51. The fourth-order valence-electron chi connectivity index (χ4n) is 0.589. The second-order valence-corrected chi connectivity index (χ2v) is 1.99. The van der Waals surface area contributed by atoms with E-state index in [0.29, 0.717) is 6.42 Å². The quantitative estimate of drug-likeness (QED) is 0.421. The highest BCUT2D eigenvalue weighted by atomic mass is 16.1. The van der Waals surface area contributed by atoms with Crippen LogP contribution in [0.5, 0.6) is 0 Å². The Bertz CT molecular complexity index is 123. The average Bonchev–Trinajstić information content (AvgIpc) is 1.97. The minimum Gasteiger partial charge on any atom is -0.303 e. The smallest absolute Gasteiger partial charge is 0.123 e. The van der Waals surface area contributed by atoms with Crippen molar-refractivity contribution in [1.29, 1.82) is 0 Å². The Morgan fingerprint density at radius 1 is 1.00 bits per heavy atom. The zero-order valence-corrected chi connectivity index (χ0v) is 6.42. The van der Waals surface area contributed by atoms with E-state index in [1.807, 2.05) is 12.2 Å². The van der Waals surface area contributed by atoms with Crippen molar-refractivity contribution >= 4 is 6.29 Å². The van der Waals surface area contributed by atoms with Gasteiger partial charge < -0.3 is 4.79 Å². The lowest BCUT2D eigenvalue weighted by atomic mass is 10.3. The van der Waals surface area contributed by atoms with Gasteiger partial charge in [-0.2, -0.15) is 0 Å². The van der Waals surface area contributed by atoms with Gasteiger partial charge in [-0.15, -0.1) is 0 Å². The lowest BCUT2D eigenvalue weighted by Gasteiger charge is -1.79. The molecule has 0 heterocycles. The Morgan fingerprint density at radius 3 is 2.20 bits per heavy atom. The van der Waals surface area contributed by atoms with Crippen LogP contribution in [0.3, 0.4) is 0 Å². The summed E-state index contributed by atoms with van der Waals surface area (Å²) in [5.41, 5.74) is 0. The molecule has 0 saturated heterocycles. The van der Waals surface area contributed by atoms with Crippen molar-refractivity contribution in [2.75, 3.05) is 0 Å². The summed E-state index contributed by atoms with van der Waals surface area (Å²) in [6.07, 6.45) is 11.6.